The first-order valence-electron chi connectivity index (χ1n) is 7.59. The van der Waals surface area contributed by atoms with E-state index in [1.54, 1.807) is 19.1 Å². The summed E-state index contributed by atoms with van der Waals surface area (Å²) < 4.78 is 8.03. The second-order valence-corrected chi connectivity index (χ2v) is 7.35. The van der Waals surface area contributed by atoms with Gasteiger partial charge in [0, 0.05) is 34.7 Å². The Morgan fingerprint density at radius 3 is 2.81 bits per heavy atom. The second kappa shape index (κ2) is 7.55. The van der Waals surface area contributed by atoms with Gasteiger partial charge in [-0.1, -0.05) is 15.9 Å². The van der Waals surface area contributed by atoms with Crippen LogP contribution in [0.2, 0.25) is 0 Å². The molecule has 0 bridgehead atoms. The van der Waals surface area contributed by atoms with Crippen molar-refractivity contribution in [3.63, 3.8) is 0 Å². The zero-order valence-electron chi connectivity index (χ0n) is 13.6. The van der Waals surface area contributed by atoms with Crippen LogP contribution in [0.15, 0.2) is 53.7 Å². The molecule has 3 aromatic rings. The van der Waals surface area contributed by atoms with Crippen LogP contribution in [0.4, 0.5) is 0 Å². The molecule has 0 unspecified atom stereocenters. The minimum Gasteiger partial charge on any atom is -0.421 e. The highest BCUT2D eigenvalue weighted by molar-refractivity contribution is 9.11. The number of nitrogens with zero attached hydrogens (tertiary/aromatic N) is 2. The predicted molar refractivity (Wildman–Crippen MR) is 103 cm³/mol. The lowest BCUT2D eigenvalue weighted by molar-refractivity contribution is 0.0948. The third-order valence-corrected chi connectivity index (χ3v) is 4.75. The van der Waals surface area contributed by atoms with E-state index in [0.717, 1.165) is 4.47 Å². The lowest BCUT2D eigenvalue weighted by Crippen LogP contribution is -2.33. The summed E-state index contributed by atoms with van der Waals surface area (Å²) in [6.07, 6.45) is 2.88. The van der Waals surface area contributed by atoms with Gasteiger partial charge in [-0.05, 0) is 41.1 Å². The minimum absolute atomic E-state index is 0.0998. The fourth-order valence-corrected chi connectivity index (χ4v) is 3.76. The maximum absolute atomic E-state index is 12.3. The highest BCUT2D eigenvalue weighted by Gasteiger charge is 2.15. The molecule has 134 valence electrons. The molecule has 0 aliphatic heterocycles. The predicted octanol–water partition coefficient (Wildman–Crippen LogP) is 2.61. The van der Waals surface area contributed by atoms with Crippen molar-refractivity contribution in [1.82, 2.24) is 14.9 Å². The number of fused-ring (bicyclic) bond motifs is 1. The van der Waals surface area contributed by atoms with Gasteiger partial charge in [0.05, 0.1) is 10.8 Å². The van der Waals surface area contributed by atoms with Gasteiger partial charge >= 0.3 is 5.63 Å². The van der Waals surface area contributed by atoms with Crippen molar-refractivity contribution in [1.29, 1.82) is 0 Å². The largest absolute Gasteiger partial charge is 0.421 e. The van der Waals surface area contributed by atoms with Gasteiger partial charge < -0.3 is 9.73 Å². The van der Waals surface area contributed by atoms with Crippen molar-refractivity contribution < 1.29 is 9.21 Å². The van der Waals surface area contributed by atoms with Gasteiger partial charge in [-0.15, -0.1) is 0 Å². The van der Waals surface area contributed by atoms with E-state index >= 15 is 0 Å². The topological polar surface area (TPSA) is 94.2 Å². The molecule has 0 atom stereocenters. The van der Waals surface area contributed by atoms with Crippen molar-refractivity contribution in [2.24, 2.45) is 0 Å². The van der Waals surface area contributed by atoms with Crippen molar-refractivity contribution in [2.75, 3.05) is 6.54 Å². The molecule has 1 aromatic carbocycles. The Kier molecular flexibility index (Phi) is 5.38. The van der Waals surface area contributed by atoms with Crippen LogP contribution in [-0.2, 0) is 6.54 Å². The molecular weight excluding hydrogens is 470 g/mol. The molecule has 0 aliphatic rings. The first kappa shape index (κ1) is 18.5. The number of hydrogen-bond donors (Lipinski definition) is 1. The van der Waals surface area contributed by atoms with E-state index in [2.05, 4.69) is 42.2 Å². The van der Waals surface area contributed by atoms with Crippen LogP contribution < -0.4 is 16.5 Å². The molecule has 0 aliphatic carbocycles. The maximum atomic E-state index is 12.3. The van der Waals surface area contributed by atoms with Gasteiger partial charge in [0.1, 0.15) is 5.56 Å². The number of aryl methyl sites for hydroxylation is 1. The molecule has 1 N–H and O–H groups in total. The molecule has 9 heteroatoms. The SMILES string of the molecule is Cc1cncn(CCNC(=O)c2cc3cc(Br)cc(Br)c3oc2=O)c1=O. The highest BCUT2D eigenvalue weighted by atomic mass is 79.9. The van der Waals surface area contributed by atoms with Gasteiger partial charge in [-0.3, -0.25) is 14.2 Å². The van der Waals surface area contributed by atoms with Crippen molar-refractivity contribution >= 4 is 48.7 Å². The van der Waals surface area contributed by atoms with Crippen LogP contribution in [-0.4, -0.2) is 22.0 Å². The number of amides is 1. The number of nitrogens with one attached hydrogen (secondary N) is 1. The normalized spacial score (nSPS) is 10.9. The molecule has 2 heterocycles. The Hall–Kier alpha value is -2.26. The Bertz CT molecular complexity index is 1120. The van der Waals surface area contributed by atoms with Gasteiger partial charge in [-0.2, -0.15) is 0 Å². The molecule has 2 aromatic heterocycles. The van der Waals surface area contributed by atoms with E-state index in [1.165, 1.54) is 23.2 Å². The van der Waals surface area contributed by atoms with Crippen LogP contribution in [0, 0.1) is 6.92 Å². The van der Waals surface area contributed by atoms with Crippen LogP contribution in [0.1, 0.15) is 15.9 Å². The van der Waals surface area contributed by atoms with E-state index in [-0.39, 0.29) is 24.2 Å². The summed E-state index contributed by atoms with van der Waals surface area (Å²) in [5.41, 5.74) is -0.115. The number of aromatic nitrogens is 2. The lowest BCUT2D eigenvalue weighted by atomic mass is 10.2. The van der Waals surface area contributed by atoms with Gasteiger partial charge in [0.25, 0.3) is 11.5 Å². The fourth-order valence-electron chi connectivity index (χ4n) is 2.42. The van der Waals surface area contributed by atoms with Crippen molar-refractivity contribution in [3.05, 3.63) is 71.6 Å². The zero-order valence-corrected chi connectivity index (χ0v) is 16.8. The summed E-state index contributed by atoms with van der Waals surface area (Å²) in [7, 11) is 0. The molecular formula is C17H13Br2N3O4. The zero-order chi connectivity index (χ0) is 18.8. The standard InChI is InChI=1S/C17H13Br2N3O4/c1-9-7-20-8-22(16(9)24)3-2-21-15(23)12-5-10-4-11(18)6-13(19)14(10)26-17(12)25/h4-8H,2-3H2,1H3,(H,21,23). The third kappa shape index (κ3) is 3.78. The number of hydrogen-bond acceptors (Lipinski definition) is 5. The summed E-state index contributed by atoms with van der Waals surface area (Å²) in [6, 6.07) is 4.98. The van der Waals surface area contributed by atoms with Crippen LogP contribution in [0.5, 0.6) is 0 Å². The van der Waals surface area contributed by atoms with E-state index in [9.17, 15) is 14.4 Å². The first-order valence-corrected chi connectivity index (χ1v) is 9.17. The van der Waals surface area contributed by atoms with Gasteiger partial charge in [0.2, 0.25) is 0 Å². The molecule has 0 saturated heterocycles. The van der Waals surface area contributed by atoms with Crippen LogP contribution >= 0.6 is 31.9 Å². The van der Waals surface area contributed by atoms with Crippen molar-refractivity contribution in [3.8, 4) is 0 Å². The molecule has 0 fully saturated rings. The van der Waals surface area contributed by atoms with Crippen LogP contribution in [0.25, 0.3) is 11.0 Å². The van der Waals surface area contributed by atoms with Gasteiger partial charge in [0.15, 0.2) is 5.58 Å². The van der Waals surface area contributed by atoms with E-state index in [0.29, 0.717) is 21.0 Å². The average molecular weight is 483 g/mol. The number of carbonyl (C=O) groups is 1. The summed E-state index contributed by atoms with van der Waals surface area (Å²) >= 11 is 6.68. The van der Waals surface area contributed by atoms with E-state index < -0.39 is 11.5 Å². The summed E-state index contributed by atoms with van der Waals surface area (Å²) in [6.45, 7) is 2.08. The fraction of sp³-hybridized carbons (Fsp3) is 0.176. The summed E-state index contributed by atoms with van der Waals surface area (Å²) in [5, 5.41) is 3.23. The van der Waals surface area contributed by atoms with Gasteiger partial charge in [-0.25, -0.2) is 9.78 Å². The van der Waals surface area contributed by atoms with Crippen LogP contribution in [0.3, 0.4) is 0 Å². The lowest BCUT2D eigenvalue weighted by Gasteiger charge is -2.08. The molecule has 3 rings (SSSR count). The highest BCUT2D eigenvalue weighted by Crippen LogP contribution is 2.27. The second-order valence-electron chi connectivity index (χ2n) is 5.58. The van der Waals surface area contributed by atoms with Crippen molar-refractivity contribution in [2.45, 2.75) is 13.5 Å². The Morgan fingerprint density at radius 1 is 1.27 bits per heavy atom. The first-order chi connectivity index (χ1) is 12.4. The smallest absolute Gasteiger partial charge is 0.349 e. The number of halogens is 2. The number of benzene rings is 1. The molecule has 0 radical (unpaired) electrons. The molecule has 7 nitrogen and oxygen atoms in total. The quantitative estimate of drug-likeness (QED) is 0.577. The Morgan fingerprint density at radius 2 is 2.04 bits per heavy atom. The van der Waals surface area contributed by atoms with E-state index in [4.69, 9.17) is 4.42 Å². The molecule has 26 heavy (non-hydrogen) atoms. The summed E-state index contributed by atoms with van der Waals surface area (Å²) in [4.78, 5) is 40.3. The Balaban J connectivity index is 1.79. The Labute approximate surface area is 164 Å². The van der Waals surface area contributed by atoms with E-state index in [1.807, 2.05) is 0 Å². The maximum Gasteiger partial charge on any atom is 0.349 e. The number of carbonyl (C=O) groups excluding carboxylic acids is 1. The average Bonchev–Trinajstić information content (AvgIpc) is 2.58. The number of rotatable bonds is 4. The molecule has 0 spiro atoms. The monoisotopic (exact) mass is 481 g/mol. The third-order valence-electron chi connectivity index (χ3n) is 3.71. The molecule has 1 amide bonds. The minimum atomic E-state index is -0.729. The molecule has 0 saturated carbocycles. The summed E-state index contributed by atoms with van der Waals surface area (Å²) in [5.74, 6) is -0.564.